The average Bonchev–Trinajstić information content (AvgIpc) is 3.42. The molecule has 1 amide bonds. The van der Waals surface area contributed by atoms with E-state index >= 15 is 0 Å². The number of benzene rings is 1. The van der Waals surface area contributed by atoms with Crippen LogP contribution in [-0.2, 0) is 16.6 Å². The minimum Gasteiger partial charge on any atom is -0.455 e. The normalized spacial score (nSPS) is 19.4. The summed E-state index contributed by atoms with van der Waals surface area (Å²) in [6.07, 6.45) is 3.60. The van der Waals surface area contributed by atoms with Crippen molar-refractivity contribution in [3.63, 3.8) is 0 Å². The van der Waals surface area contributed by atoms with Crippen LogP contribution >= 0.6 is 0 Å². The van der Waals surface area contributed by atoms with E-state index in [1.54, 1.807) is 36.4 Å². The molecule has 1 aromatic heterocycles. The number of hydrogen-bond acceptors (Lipinski definition) is 5. The van der Waals surface area contributed by atoms with Crippen molar-refractivity contribution in [1.82, 2.24) is 14.5 Å². The Balaban J connectivity index is 1.29. The van der Waals surface area contributed by atoms with Crippen molar-refractivity contribution < 1.29 is 17.6 Å². The molecule has 7 nitrogen and oxygen atoms in total. The molecule has 2 aliphatic rings. The van der Waals surface area contributed by atoms with Crippen molar-refractivity contribution in [1.29, 1.82) is 0 Å². The minimum atomic E-state index is -3.48. The average molecular weight is 418 g/mol. The monoisotopic (exact) mass is 417 g/mol. The lowest BCUT2D eigenvalue weighted by Crippen LogP contribution is -2.46. The predicted octanol–water partition coefficient (Wildman–Crippen LogP) is 2.46. The highest BCUT2D eigenvalue weighted by atomic mass is 32.2. The molecule has 4 rings (SSSR count). The number of rotatable bonds is 6. The number of furan rings is 1. The van der Waals surface area contributed by atoms with Crippen LogP contribution in [-0.4, -0.2) is 55.8 Å². The lowest BCUT2D eigenvalue weighted by Gasteiger charge is -2.31. The molecule has 0 aliphatic carbocycles. The van der Waals surface area contributed by atoms with Gasteiger partial charge in [0.1, 0.15) is 5.76 Å². The first kappa shape index (κ1) is 20.1. The van der Waals surface area contributed by atoms with Gasteiger partial charge < -0.3 is 9.73 Å². The summed E-state index contributed by atoms with van der Waals surface area (Å²) in [5.41, 5.74) is 0. The van der Waals surface area contributed by atoms with E-state index in [4.69, 9.17) is 4.42 Å². The van der Waals surface area contributed by atoms with Gasteiger partial charge in [-0.2, -0.15) is 4.31 Å². The van der Waals surface area contributed by atoms with Crippen LogP contribution in [0.1, 0.15) is 42.0 Å². The van der Waals surface area contributed by atoms with Crippen molar-refractivity contribution in [2.24, 2.45) is 0 Å². The molecule has 2 aromatic rings. The molecule has 2 fully saturated rings. The highest BCUT2D eigenvalue weighted by Crippen LogP contribution is 2.21. The van der Waals surface area contributed by atoms with Gasteiger partial charge in [-0.3, -0.25) is 9.69 Å². The second kappa shape index (κ2) is 8.69. The lowest BCUT2D eigenvalue weighted by atomic mass is 10.1. The van der Waals surface area contributed by atoms with E-state index in [0.29, 0.717) is 36.6 Å². The fraction of sp³-hybridized carbons (Fsp3) is 0.476. The van der Waals surface area contributed by atoms with Gasteiger partial charge in [-0.05, 0) is 63.0 Å². The van der Waals surface area contributed by atoms with E-state index in [-0.39, 0.29) is 11.9 Å². The smallest absolute Gasteiger partial charge is 0.287 e. The van der Waals surface area contributed by atoms with Gasteiger partial charge in [0.15, 0.2) is 5.76 Å². The number of likely N-dealkylation sites (tertiary alicyclic amines) is 1. The maximum atomic E-state index is 12.7. The van der Waals surface area contributed by atoms with E-state index in [1.165, 1.54) is 17.1 Å². The Morgan fingerprint density at radius 3 is 2.38 bits per heavy atom. The van der Waals surface area contributed by atoms with Gasteiger partial charge in [-0.1, -0.05) is 18.2 Å². The third kappa shape index (κ3) is 4.71. The second-order valence-corrected chi connectivity index (χ2v) is 9.65. The number of carbonyl (C=O) groups is 1. The largest absolute Gasteiger partial charge is 0.455 e. The molecule has 0 unspecified atom stereocenters. The molecule has 29 heavy (non-hydrogen) atoms. The Labute approximate surface area is 171 Å². The Hall–Kier alpha value is -2.16. The van der Waals surface area contributed by atoms with Crippen LogP contribution in [0.4, 0.5) is 0 Å². The summed E-state index contributed by atoms with van der Waals surface area (Å²) in [6, 6.07) is 12.0. The molecular weight excluding hydrogens is 390 g/mol. The zero-order chi connectivity index (χ0) is 20.3. The molecule has 1 N–H and O–H groups in total. The van der Waals surface area contributed by atoms with Gasteiger partial charge in [-0.15, -0.1) is 0 Å². The van der Waals surface area contributed by atoms with Gasteiger partial charge in [0.05, 0.1) is 11.4 Å². The number of nitrogens with zero attached hydrogens (tertiary/aromatic N) is 2. The Bertz CT molecular complexity index is 928. The number of amides is 1. The zero-order valence-corrected chi connectivity index (χ0v) is 17.2. The molecule has 0 radical (unpaired) electrons. The van der Waals surface area contributed by atoms with Gasteiger partial charge in [0, 0.05) is 19.1 Å². The van der Waals surface area contributed by atoms with Crippen LogP contribution in [0.2, 0.25) is 0 Å². The van der Waals surface area contributed by atoms with Gasteiger partial charge in [0.25, 0.3) is 5.91 Å². The van der Waals surface area contributed by atoms with Crippen LogP contribution < -0.4 is 5.32 Å². The van der Waals surface area contributed by atoms with Crippen LogP contribution in [0.3, 0.4) is 0 Å². The van der Waals surface area contributed by atoms with E-state index < -0.39 is 10.0 Å². The SMILES string of the molecule is O=C(NC1CCN(S(=O)(=O)c2ccccc2)CC1)c1ccc(CN2CCCC2)o1. The molecule has 8 heteroatoms. The molecule has 0 saturated carbocycles. The van der Waals surface area contributed by atoms with Crippen molar-refractivity contribution in [3.8, 4) is 0 Å². The van der Waals surface area contributed by atoms with Crippen LogP contribution in [0.5, 0.6) is 0 Å². The summed E-state index contributed by atoms with van der Waals surface area (Å²) in [4.78, 5) is 15.1. The molecule has 0 bridgehead atoms. The van der Waals surface area contributed by atoms with E-state index in [1.807, 2.05) is 6.07 Å². The highest BCUT2D eigenvalue weighted by molar-refractivity contribution is 7.89. The van der Waals surface area contributed by atoms with E-state index in [9.17, 15) is 13.2 Å². The summed E-state index contributed by atoms with van der Waals surface area (Å²) < 4.78 is 32.6. The summed E-state index contributed by atoms with van der Waals surface area (Å²) in [7, 11) is -3.48. The Morgan fingerprint density at radius 1 is 1.00 bits per heavy atom. The Kier molecular flexibility index (Phi) is 6.03. The van der Waals surface area contributed by atoms with Crippen molar-refractivity contribution in [3.05, 3.63) is 54.0 Å². The van der Waals surface area contributed by atoms with Crippen molar-refractivity contribution in [2.75, 3.05) is 26.2 Å². The predicted molar refractivity (Wildman–Crippen MR) is 109 cm³/mol. The summed E-state index contributed by atoms with van der Waals surface area (Å²) in [5.74, 6) is 0.890. The lowest BCUT2D eigenvalue weighted by molar-refractivity contribution is 0.0892. The maximum Gasteiger partial charge on any atom is 0.287 e. The Morgan fingerprint density at radius 2 is 1.69 bits per heavy atom. The third-order valence-corrected chi connectivity index (χ3v) is 7.55. The first-order chi connectivity index (χ1) is 14.0. The van der Waals surface area contributed by atoms with Crippen LogP contribution in [0.25, 0.3) is 0 Å². The van der Waals surface area contributed by atoms with Gasteiger partial charge >= 0.3 is 0 Å². The number of hydrogen-bond donors (Lipinski definition) is 1. The molecule has 2 saturated heterocycles. The minimum absolute atomic E-state index is 0.0585. The van der Waals surface area contributed by atoms with E-state index in [0.717, 1.165) is 25.4 Å². The van der Waals surface area contributed by atoms with Gasteiger partial charge in [0.2, 0.25) is 10.0 Å². The zero-order valence-electron chi connectivity index (χ0n) is 16.4. The number of sulfonamides is 1. The fourth-order valence-corrected chi connectivity index (χ4v) is 5.48. The number of nitrogens with one attached hydrogen (secondary N) is 1. The number of carbonyl (C=O) groups excluding carboxylic acids is 1. The first-order valence-electron chi connectivity index (χ1n) is 10.2. The van der Waals surface area contributed by atoms with E-state index in [2.05, 4.69) is 10.2 Å². The first-order valence-corrected chi connectivity index (χ1v) is 11.6. The summed E-state index contributed by atoms with van der Waals surface area (Å²) >= 11 is 0. The number of piperidine rings is 1. The molecule has 1 aromatic carbocycles. The summed E-state index contributed by atoms with van der Waals surface area (Å²) in [6.45, 7) is 3.67. The fourth-order valence-electron chi connectivity index (χ4n) is 3.98. The third-order valence-electron chi connectivity index (χ3n) is 5.63. The quantitative estimate of drug-likeness (QED) is 0.781. The molecule has 2 aliphatic heterocycles. The van der Waals surface area contributed by atoms with Crippen LogP contribution in [0.15, 0.2) is 51.8 Å². The highest BCUT2D eigenvalue weighted by Gasteiger charge is 2.30. The van der Waals surface area contributed by atoms with Gasteiger partial charge in [-0.25, -0.2) is 8.42 Å². The maximum absolute atomic E-state index is 12.7. The molecule has 0 spiro atoms. The topological polar surface area (TPSA) is 82.9 Å². The standard InChI is InChI=1S/C21H27N3O4S/c25-21(20-9-8-18(28-20)16-23-12-4-5-13-23)22-17-10-14-24(15-11-17)29(26,27)19-6-2-1-3-7-19/h1-3,6-9,17H,4-5,10-16H2,(H,22,25). The van der Waals surface area contributed by atoms with Crippen LogP contribution in [0, 0.1) is 0 Å². The molecular formula is C21H27N3O4S. The second-order valence-electron chi connectivity index (χ2n) is 7.71. The van der Waals surface area contributed by atoms with Crippen molar-refractivity contribution in [2.45, 2.75) is 43.2 Å². The molecule has 3 heterocycles. The summed E-state index contributed by atoms with van der Waals surface area (Å²) in [5, 5.41) is 2.99. The molecule has 0 atom stereocenters. The van der Waals surface area contributed by atoms with Crippen molar-refractivity contribution >= 4 is 15.9 Å². The molecule has 156 valence electrons.